The van der Waals surface area contributed by atoms with E-state index in [-0.39, 0.29) is 0 Å². The summed E-state index contributed by atoms with van der Waals surface area (Å²) in [7, 11) is 0. The molecule has 0 radical (unpaired) electrons. The summed E-state index contributed by atoms with van der Waals surface area (Å²) < 4.78 is 0. The van der Waals surface area contributed by atoms with Gasteiger partial charge in [-0.2, -0.15) is 11.8 Å². The Hall–Kier alpha value is -0.810. The zero-order chi connectivity index (χ0) is 12.4. The third-order valence-corrected chi connectivity index (χ3v) is 4.58. The normalized spacial score (nSPS) is 25.1. The van der Waals surface area contributed by atoms with Gasteiger partial charge in [0, 0.05) is 35.8 Å². The molecule has 1 aromatic rings. The van der Waals surface area contributed by atoms with Gasteiger partial charge in [0.1, 0.15) is 0 Å². The van der Waals surface area contributed by atoms with E-state index < -0.39 is 0 Å². The van der Waals surface area contributed by atoms with Gasteiger partial charge in [0.25, 0.3) is 0 Å². The van der Waals surface area contributed by atoms with E-state index in [4.69, 9.17) is 5.73 Å². The molecule has 0 amide bonds. The molecule has 2 rings (SSSR count). The van der Waals surface area contributed by atoms with Crippen molar-refractivity contribution in [3.63, 3.8) is 0 Å². The molecule has 0 spiro atoms. The minimum atomic E-state index is 0.473. The molecule has 5 heteroatoms. The molecule has 4 nitrogen and oxygen atoms in total. The van der Waals surface area contributed by atoms with Gasteiger partial charge in [-0.3, -0.25) is 0 Å². The highest BCUT2D eigenvalue weighted by Crippen LogP contribution is 2.27. The molecule has 0 aromatic carbocycles. The highest BCUT2D eigenvalue weighted by molar-refractivity contribution is 8.00. The molecule has 1 aliphatic rings. The number of rotatable bonds is 2. The van der Waals surface area contributed by atoms with Crippen molar-refractivity contribution in [1.82, 2.24) is 9.97 Å². The smallest absolute Gasteiger partial charge is 0.226 e. The lowest BCUT2D eigenvalue weighted by atomic mass is 10.2. The number of thioether (sulfide) groups is 1. The molecule has 0 saturated carbocycles. The van der Waals surface area contributed by atoms with Gasteiger partial charge >= 0.3 is 0 Å². The summed E-state index contributed by atoms with van der Waals surface area (Å²) in [5.74, 6) is 1.98. The molecule has 94 valence electrons. The second-order valence-electron chi connectivity index (χ2n) is 4.51. The lowest BCUT2D eigenvalue weighted by molar-refractivity contribution is 0.609. The van der Waals surface area contributed by atoms with Crippen LogP contribution in [0.25, 0.3) is 0 Å². The summed E-state index contributed by atoms with van der Waals surface area (Å²) >= 11 is 2.02. The van der Waals surface area contributed by atoms with E-state index in [1.54, 1.807) is 0 Å². The van der Waals surface area contributed by atoms with Gasteiger partial charge in [0.05, 0.1) is 5.69 Å². The number of hydrogen-bond donors (Lipinski definition) is 1. The molecule has 2 heterocycles. The Labute approximate surface area is 107 Å². The van der Waals surface area contributed by atoms with Crippen LogP contribution in [-0.2, 0) is 6.54 Å². The topological polar surface area (TPSA) is 55.0 Å². The van der Waals surface area contributed by atoms with E-state index in [0.29, 0.717) is 17.8 Å². The fourth-order valence-corrected chi connectivity index (χ4v) is 3.16. The van der Waals surface area contributed by atoms with Gasteiger partial charge in [-0.15, -0.1) is 0 Å². The first-order valence-corrected chi connectivity index (χ1v) is 7.09. The Morgan fingerprint density at radius 2 is 2.24 bits per heavy atom. The van der Waals surface area contributed by atoms with E-state index in [0.717, 1.165) is 29.6 Å². The molecule has 0 aliphatic carbocycles. The van der Waals surface area contributed by atoms with Crippen LogP contribution in [0, 0.1) is 6.92 Å². The quantitative estimate of drug-likeness (QED) is 0.866. The van der Waals surface area contributed by atoms with E-state index in [9.17, 15) is 0 Å². The van der Waals surface area contributed by atoms with Crippen molar-refractivity contribution < 1.29 is 0 Å². The van der Waals surface area contributed by atoms with Crippen LogP contribution in [0.15, 0.2) is 6.07 Å². The van der Waals surface area contributed by atoms with Crippen LogP contribution >= 0.6 is 11.8 Å². The largest absolute Gasteiger partial charge is 0.336 e. The van der Waals surface area contributed by atoms with Crippen LogP contribution in [-0.4, -0.2) is 33.6 Å². The minimum Gasteiger partial charge on any atom is -0.336 e. The van der Waals surface area contributed by atoms with Gasteiger partial charge in [0.2, 0.25) is 5.95 Å². The lowest BCUT2D eigenvalue weighted by Crippen LogP contribution is -2.45. The standard InChI is InChI=1S/C12H20N4S/c1-8-6-11(7-13)15-12(14-8)16-4-5-17-10(3)9(16)2/h6,9-10H,4-5,7,13H2,1-3H3. The summed E-state index contributed by atoms with van der Waals surface area (Å²) in [6.45, 7) is 8.00. The molecule has 17 heavy (non-hydrogen) atoms. The molecule has 2 N–H and O–H groups in total. The fourth-order valence-electron chi connectivity index (χ4n) is 2.07. The Bertz CT molecular complexity index is 396. The van der Waals surface area contributed by atoms with Crippen molar-refractivity contribution in [2.45, 2.75) is 38.6 Å². The van der Waals surface area contributed by atoms with Crippen molar-refractivity contribution in [3.8, 4) is 0 Å². The molecular formula is C12H20N4S. The average molecular weight is 252 g/mol. The lowest BCUT2D eigenvalue weighted by Gasteiger charge is -2.37. The highest BCUT2D eigenvalue weighted by Gasteiger charge is 2.27. The first-order chi connectivity index (χ1) is 8.11. The number of aryl methyl sites for hydroxylation is 1. The van der Waals surface area contributed by atoms with E-state index >= 15 is 0 Å². The number of anilines is 1. The Kier molecular flexibility index (Phi) is 3.89. The van der Waals surface area contributed by atoms with Crippen molar-refractivity contribution in [1.29, 1.82) is 0 Å². The molecular weight excluding hydrogens is 232 g/mol. The first-order valence-electron chi connectivity index (χ1n) is 6.04. The fraction of sp³-hybridized carbons (Fsp3) is 0.667. The van der Waals surface area contributed by atoms with Gasteiger partial charge in [-0.25, -0.2) is 9.97 Å². The summed E-state index contributed by atoms with van der Waals surface area (Å²) in [5.41, 5.74) is 7.58. The maximum atomic E-state index is 5.67. The van der Waals surface area contributed by atoms with Crippen LogP contribution in [0.2, 0.25) is 0 Å². The summed E-state index contributed by atoms with van der Waals surface area (Å²) in [5, 5.41) is 0.620. The summed E-state index contributed by atoms with van der Waals surface area (Å²) in [6, 6.07) is 2.43. The average Bonchev–Trinajstić information content (AvgIpc) is 2.31. The number of nitrogens with zero attached hydrogens (tertiary/aromatic N) is 3. The maximum absolute atomic E-state index is 5.67. The Morgan fingerprint density at radius 1 is 1.47 bits per heavy atom. The molecule has 2 atom stereocenters. The van der Waals surface area contributed by atoms with Crippen LogP contribution in [0.1, 0.15) is 25.2 Å². The van der Waals surface area contributed by atoms with Crippen LogP contribution in [0.5, 0.6) is 0 Å². The van der Waals surface area contributed by atoms with Crippen molar-refractivity contribution in [3.05, 3.63) is 17.5 Å². The maximum Gasteiger partial charge on any atom is 0.226 e. The monoisotopic (exact) mass is 252 g/mol. The minimum absolute atomic E-state index is 0.473. The van der Waals surface area contributed by atoms with Crippen molar-refractivity contribution >= 4 is 17.7 Å². The molecule has 1 saturated heterocycles. The molecule has 1 aromatic heterocycles. The first kappa shape index (κ1) is 12.6. The number of hydrogen-bond acceptors (Lipinski definition) is 5. The van der Waals surface area contributed by atoms with Gasteiger partial charge in [0.15, 0.2) is 0 Å². The number of aromatic nitrogens is 2. The van der Waals surface area contributed by atoms with E-state index in [1.165, 1.54) is 0 Å². The Morgan fingerprint density at radius 3 is 2.94 bits per heavy atom. The zero-order valence-corrected chi connectivity index (χ0v) is 11.5. The van der Waals surface area contributed by atoms with Crippen LogP contribution in [0.3, 0.4) is 0 Å². The molecule has 1 fully saturated rings. The third kappa shape index (κ3) is 2.72. The molecule has 1 aliphatic heterocycles. The Balaban J connectivity index is 2.29. The van der Waals surface area contributed by atoms with Crippen LogP contribution < -0.4 is 10.6 Å². The molecule has 0 bridgehead atoms. The van der Waals surface area contributed by atoms with Gasteiger partial charge in [-0.05, 0) is 19.9 Å². The summed E-state index contributed by atoms with van der Waals surface area (Å²) in [4.78, 5) is 11.4. The zero-order valence-electron chi connectivity index (χ0n) is 10.7. The predicted octanol–water partition coefficient (Wildman–Crippen LogP) is 1.57. The second-order valence-corrected chi connectivity index (χ2v) is 6.00. The van der Waals surface area contributed by atoms with E-state index in [1.807, 2.05) is 24.8 Å². The van der Waals surface area contributed by atoms with Crippen LogP contribution in [0.4, 0.5) is 5.95 Å². The van der Waals surface area contributed by atoms with Gasteiger partial charge in [-0.1, -0.05) is 6.92 Å². The second kappa shape index (κ2) is 5.23. The summed E-state index contributed by atoms with van der Waals surface area (Å²) in [6.07, 6.45) is 0. The predicted molar refractivity (Wildman–Crippen MR) is 73.4 cm³/mol. The van der Waals surface area contributed by atoms with Crippen molar-refractivity contribution in [2.24, 2.45) is 5.73 Å². The van der Waals surface area contributed by atoms with Crippen molar-refractivity contribution in [2.75, 3.05) is 17.2 Å². The molecule has 2 unspecified atom stereocenters. The SMILES string of the molecule is Cc1cc(CN)nc(N2CCSC(C)C2C)n1. The number of nitrogens with two attached hydrogens (primary N) is 1. The third-order valence-electron chi connectivity index (χ3n) is 3.25. The van der Waals surface area contributed by atoms with E-state index in [2.05, 4.69) is 28.7 Å². The van der Waals surface area contributed by atoms with Gasteiger partial charge < -0.3 is 10.6 Å². The highest BCUT2D eigenvalue weighted by atomic mass is 32.2.